The molecule has 4 nitrogen and oxygen atoms in total. The molecule has 1 aliphatic carbocycles. The normalized spacial score (nSPS) is 30.1. The third kappa shape index (κ3) is 2.05. The maximum Gasteiger partial charge on any atom is 0.251 e. The number of aryl methyl sites for hydroxylation is 1. The van der Waals surface area contributed by atoms with Crippen molar-refractivity contribution in [3.05, 3.63) is 35.6 Å². The fraction of sp³-hybridized carbons (Fsp3) is 0.500. The summed E-state index contributed by atoms with van der Waals surface area (Å²) in [6.45, 7) is 4.92. The summed E-state index contributed by atoms with van der Waals surface area (Å²) >= 11 is 0. The molecule has 1 saturated heterocycles. The Morgan fingerprint density at radius 1 is 1.36 bits per heavy atom. The molecule has 0 bridgehead atoms. The summed E-state index contributed by atoms with van der Waals surface area (Å²) in [6, 6.07) is 7.83. The summed E-state index contributed by atoms with van der Waals surface area (Å²) in [6.07, 6.45) is 2.47. The van der Waals surface area contributed by atoms with Gasteiger partial charge in [0.2, 0.25) is 0 Å². The van der Waals surface area contributed by atoms with Crippen LogP contribution in [0.25, 0.3) is 11.0 Å². The summed E-state index contributed by atoms with van der Waals surface area (Å²) in [5.74, 6) is 1.82. The van der Waals surface area contributed by atoms with Crippen molar-refractivity contribution < 1.29 is 13.9 Å². The van der Waals surface area contributed by atoms with Gasteiger partial charge >= 0.3 is 0 Å². The Balaban J connectivity index is 1.53. The minimum atomic E-state index is 0.00885. The average molecular weight is 299 g/mol. The number of rotatable bonds is 3. The van der Waals surface area contributed by atoms with Gasteiger partial charge in [-0.25, -0.2) is 0 Å². The van der Waals surface area contributed by atoms with E-state index in [2.05, 4.69) is 12.2 Å². The van der Waals surface area contributed by atoms with Crippen LogP contribution >= 0.6 is 0 Å². The molecule has 22 heavy (non-hydrogen) atoms. The highest BCUT2D eigenvalue weighted by Gasteiger charge is 2.53. The molecule has 0 spiro atoms. The van der Waals surface area contributed by atoms with Crippen LogP contribution in [0.2, 0.25) is 0 Å². The molecular formula is C18H21NO3. The zero-order valence-electron chi connectivity index (χ0n) is 13.0. The standard InChI is InChI=1S/C18H21NO3/c1-3-13-16(14-6-7-21-17(13)14)19-18(20)11-4-5-15-12(9-11)8-10(2)22-15/h4-5,8-9,13-14,16-17H,3,6-7H2,1-2H3,(H,19,20)/t13-,14+,16+,17-/m1/s1. The molecule has 4 rings (SSSR count). The van der Waals surface area contributed by atoms with Crippen molar-refractivity contribution in [2.45, 2.75) is 38.8 Å². The molecule has 1 N–H and O–H groups in total. The van der Waals surface area contributed by atoms with Gasteiger partial charge in [-0.15, -0.1) is 0 Å². The molecule has 116 valence electrons. The average Bonchev–Trinajstić information content (AvgIpc) is 3.07. The van der Waals surface area contributed by atoms with Crippen molar-refractivity contribution in [2.24, 2.45) is 11.8 Å². The highest BCUT2D eigenvalue weighted by Crippen LogP contribution is 2.45. The van der Waals surface area contributed by atoms with Crippen molar-refractivity contribution >= 4 is 16.9 Å². The van der Waals surface area contributed by atoms with E-state index in [1.807, 2.05) is 31.2 Å². The zero-order valence-corrected chi connectivity index (χ0v) is 13.0. The molecule has 4 atom stereocenters. The van der Waals surface area contributed by atoms with Gasteiger partial charge in [0.1, 0.15) is 11.3 Å². The maximum absolute atomic E-state index is 12.6. The number of furan rings is 1. The number of fused-ring (bicyclic) bond motifs is 2. The van der Waals surface area contributed by atoms with E-state index in [-0.39, 0.29) is 11.9 Å². The highest BCUT2D eigenvalue weighted by molar-refractivity contribution is 5.98. The first-order chi connectivity index (χ1) is 10.7. The van der Waals surface area contributed by atoms with Gasteiger partial charge < -0.3 is 14.5 Å². The van der Waals surface area contributed by atoms with E-state index >= 15 is 0 Å². The third-order valence-corrected chi connectivity index (χ3v) is 5.20. The third-order valence-electron chi connectivity index (χ3n) is 5.20. The summed E-state index contributed by atoms with van der Waals surface area (Å²) in [7, 11) is 0. The van der Waals surface area contributed by atoms with Crippen LogP contribution in [0, 0.1) is 18.8 Å². The Labute approximate surface area is 129 Å². The van der Waals surface area contributed by atoms with E-state index in [9.17, 15) is 4.79 Å². The quantitative estimate of drug-likeness (QED) is 0.946. The van der Waals surface area contributed by atoms with Gasteiger partial charge in [-0.05, 0) is 44.0 Å². The molecule has 2 aromatic rings. The van der Waals surface area contributed by atoms with E-state index < -0.39 is 0 Å². The SMILES string of the molecule is CC[C@@H]1[C@H](NC(=O)c2ccc3oc(C)cc3c2)[C@@H]2CCO[C@H]12. The Bertz CT molecular complexity index is 720. The Morgan fingerprint density at radius 3 is 3.05 bits per heavy atom. The predicted molar refractivity (Wildman–Crippen MR) is 83.8 cm³/mol. The fourth-order valence-corrected chi connectivity index (χ4v) is 4.08. The molecule has 1 amide bonds. The Kier molecular flexibility index (Phi) is 3.22. The Morgan fingerprint density at radius 2 is 2.23 bits per heavy atom. The smallest absolute Gasteiger partial charge is 0.251 e. The Hall–Kier alpha value is -1.81. The van der Waals surface area contributed by atoms with Gasteiger partial charge in [0, 0.05) is 35.4 Å². The molecule has 4 heteroatoms. The van der Waals surface area contributed by atoms with Crippen LogP contribution in [-0.4, -0.2) is 24.7 Å². The molecule has 2 fully saturated rings. The monoisotopic (exact) mass is 299 g/mol. The van der Waals surface area contributed by atoms with Gasteiger partial charge in [-0.1, -0.05) is 6.92 Å². The number of nitrogens with one attached hydrogen (secondary N) is 1. The van der Waals surface area contributed by atoms with Crippen LogP contribution in [0.3, 0.4) is 0 Å². The molecule has 0 unspecified atom stereocenters. The van der Waals surface area contributed by atoms with Gasteiger partial charge in [-0.3, -0.25) is 4.79 Å². The van der Waals surface area contributed by atoms with Crippen molar-refractivity contribution in [1.29, 1.82) is 0 Å². The van der Waals surface area contributed by atoms with Gasteiger partial charge in [-0.2, -0.15) is 0 Å². The first-order valence-corrected chi connectivity index (χ1v) is 8.10. The molecule has 2 aliphatic rings. The number of benzene rings is 1. The lowest BCUT2D eigenvalue weighted by atomic mass is 9.65. The minimum absolute atomic E-state index is 0.00885. The summed E-state index contributed by atoms with van der Waals surface area (Å²) in [5.41, 5.74) is 1.53. The summed E-state index contributed by atoms with van der Waals surface area (Å²) in [4.78, 5) is 12.6. The van der Waals surface area contributed by atoms with Crippen LogP contribution in [0.4, 0.5) is 0 Å². The van der Waals surface area contributed by atoms with E-state index in [0.717, 1.165) is 36.2 Å². The predicted octanol–water partition coefficient (Wildman–Crippen LogP) is 3.28. The number of hydrogen-bond acceptors (Lipinski definition) is 3. The molecule has 2 heterocycles. The van der Waals surface area contributed by atoms with Crippen LogP contribution in [0.5, 0.6) is 0 Å². The topological polar surface area (TPSA) is 51.5 Å². The van der Waals surface area contributed by atoms with Gasteiger partial charge in [0.15, 0.2) is 0 Å². The van der Waals surface area contributed by atoms with E-state index in [1.165, 1.54) is 0 Å². The number of amides is 1. The largest absolute Gasteiger partial charge is 0.461 e. The van der Waals surface area contributed by atoms with Crippen molar-refractivity contribution in [1.82, 2.24) is 5.32 Å². The number of hydrogen-bond donors (Lipinski definition) is 1. The lowest BCUT2D eigenvalue weighted by molar-refractivity contribution is -0.0545. The maximum atomic E-state index is 12.6. The van der Waals surface area contributed by atoms with Crippen molar-refractivity contribution in [2.75, 3.05) is 6.61 Å². The van der Waals surface area contributed by atoms with Gasteiger partial charge in [0.25, 0.3) is 5.91 Å². The molecular weight excluding hydrogens is 278 g/mol. The summed E-state index contributed by atoms with van der Waals surface area (Å²) < 4.78 is 11.3. The lowest BCUT2D eigenvalue weighted by Gasteiger charge is -2.47. The summed E-state index contributed by atoms with van der Waals surface area (Å²) in [5, 5.41) is 4.21. The zero-order chi connectivity index (χ0) is 15.3. The van der Waals surface area contributed by atoms with Crippen molar-refractivity contribution in [3.8, 4) is 0 Å². The van der Waals surface area contributed by atoms with Crippen molar-refractivity contribution in [3.63, 3.8) is 0 Å². The van der Waals surface area contributed by atoms with E-state index in [4.69, 9.17) is 9.15 Å². The number of carbonyl (C=O) groups excluding carboxylic acids is 1. The number of carbonyl (C=O) groups is 1. The molecule has 1 aromatic carbocycles. The fourth-order valence-electron chi connectivity index (χ4n) is 4.08. The minimum Gasteiger partial charge on any atom is -0.461 e. The number of ether oxygens (including phenoxy) is 1. The highest BCUT2D eigenvalue weighted by atomic mass is 16.5. The first-order valence-electron chi connectivity index (χ1n) is 8.10. The molecule has 0 radical (unpaired) electrons. The molecule has 1 saturated carbocycles. The van der Waals surface area contributed by atoms with Crippen LogP contribution in [0.1, 0.15) is 35.9 Å². The second kappa shape index (κ2) is 5.13. The van der Waals surface area contributed by atoms with E-state index in [0.29, 0.717) is 23.5 Å². The first kappa shape index (κ1) is 13.8. The second-order valence-corrected chi connectivity index (χ2v) is 6.47. The van der Waals surface area contributed by atoms with Crippen LogP contribution in [0.15, 0.2) is 28.7 Å². The molecule has 1 aliphatic heterocycles. The van der Waals surface area contributed by atoms with Gasteiger partial charge in [0.05, 0.1) is 6.10 Å². The van der Waals surface area contributed by atoms with Crippen LogP contribution in [-0.2, 0) is 4.74 Å². The van der Waals surface area contributed by atoms with Crippen LogP contribution < -0.4 is 5.32 Å². The lowest BCUT2D eigenvalue weighted by Crippen LogP contribution is -2.61. The molecule has 1 aromatic heterocycles. The van der Waals surface area contributed by atoms with E-state index in [1.54, 1.807) is 0 Å². The second-order valence-electron chi connectivity index (χ2n) is 6.47.